The van der Waals surface area contributed by atoms with Crippen LogP contribution < -0.4 is 0 Å². The van der Waals surface area contributed by atoms with Crippen molar-refractivity contribution >= 4 is 12.6 Å². The Bertz CT molecular complexity index is 382. The number of rotatable bonds is 0. The lowest BCUT2D eigenvalue weighted by molar-refractivity contribution is -0.142. The highest BCUT2D eigenvalue weighted by Crippen LogP contribution is 2.36. The van der Waals surface area contributed by atoms with E-state index >= 15 is 0 Å². The molecule has 0 aliphatic rings. The molecule has 0 amide bonds. The number of hydrogen-bond donors (Lipinski definition) is 1. The average Bonchev–Trinajstić information content (AvgIpc) is 1.99. The van der Waals surface area contributed by atoms with E-state index in [1.807, 2.05) is 0 Å². The van der Waals surface area contributed by atoms with E-state index in [1.54, 1.807) is 0 Å². The summed E-state index contributed by atoms with van der Waals surface area (Å²) >= 11 is 3.47. The van der Waals surface area contributed by atoms with Gasteiger partial charge in [0.25, 0.3) is 0 Å². The van der Waals surface area contributed by atoms with Crippen molar-refractivity contribution in [1.82, 2.24) is 0 Å². The maximum absolute atomic E-state index is 12.9. The molecule has 1 rings (SSSR count). The monoisotopic (exact) mass is 221 g/mol. The largest absolute Gasteiger partial charge is 0.420 e. The molecule has 0 spiro atoms. The highest BCUT2D eigenvalue weighted by Gasteiger charge is 2.36. The van der Waals surface area contributed by atoms with Gasteiger partial charge in [0, 0.05) is 4.90 Å². The van der Waals surface area contributed by atoms with Crippen LogP contribution in [-0.4, -0.2) is 0 Å². The maximum Gasteiger partial charge on any atom is 0.420 e. The van der Waals surface area contributed by atoms with E-state index in [1.165, 1.54) is 6.07 Å². The second-order valence-electron chi connectivity index (χ2n) is 2.46. The maximum atomic E-state index is 12.9. The molecule has 14 heavy (non-hydrogen) atoms. The van der Waals surface area contributed by atoms with Crippen molar-refractivity contribution in [2.75, 3.05) is 0 Å². The fraction of sp³-hybridized carbons (Fsp3) is 0.125. The van der Waals surface area contributed by atoms with Crippen LogP contribution >= 0.6 is 12.6 Å². The Morgan fingerprint density at radius 2 is 1.86 bits per heavy atom. The molecule has 0 saturated carbocycles. The zero-order valence-electron chi connectivity index (χ0n) is 6.56. The summed E-state index contributed by atoms with van der Waals surface area (Å²) in [6, 6.07) is 2.93. The van der Waals surface area contributed by atoms with Crippen molar-refractivity contribution in [2.45, 2.75) is 11.1 Å². The molecule has 0 atom stereocenters. The molecule has 0 saturated heterocycles. The summed E-state index contributed by atoms with van der Waals surface area (Å²) in [5.74, 6) is -1.48. The second kappa shape index (κ2) is 3.50. The number of halogens is 4. The smallest absolute Gasteiger partial charge is 0.206 e. The van der Waals surface area contributed by atoms with Crippen LogP contribution in [0.25, 0.3) is 0 Å². The minimum absolute atomic E-state index is 0.194. The van der Waals surface area contributed by atoms with E-state index in [9.17, 15) is 17.6 Å². The molecular weight excluding hydrogens is 218 g/mol. The quantitative estimate of drug-likeness (QED) is 0.528. The van der Waals surface area contributed by atoms with Crippen LogP contribution in [0.1, 0.15) is 11.1 Å². The highest BCUT2D eigenvalue weighted by molar-refractivity contribution is 7.80. The minimum Gasteiger partial charge on any atom is -0.206 e. The molecule has 1 nitrogen and oxygen atoms in total. The van der Waals surface area contributed by atoms with Gasteiger partial charge in [-0.25, -0.2) is 4.39 Å². The van der Waals surface area contributed by atoms with Crippen molar-refractivity contribution in [3.05, 3.63) is 29.1 Å². The second-order valence-corrected chi connectivity index (χ2v) is 2.94. The van der Waals surface area contributed by atoms with Crippen LogP contribution in [-0.2, 0) is 6.18 Å². The van der Waals surface area contributed by atoms with Crippen molar-refractivity contribution in [2.24, 2.45) is 0 Å². The van der Waals surface area contributed by atoms with Gasteiger partial charge in [0.05, 0.1) is 11.6 Å². The molecule has 0 bridgehead atoms. The third-order valence-electron chi connectivity index (χ3n) is 1.48. The molecule has 0 fully saturated rings. The number of thiol groups is 1. The van der Waals surface area contributed by atoms with Crippen LogP contribution in [0.15, 0.2) is 17.0 Å². The Morgan fingerprint density at radius 1 is 1.29 bits per heavy atom. The first-order chi connectivity index (χ1) is 6.36. The van der Waals surface area contributed by atoms with Gasteiger partial charge in [-0.15, -0.1) is 12.6 Å². The first kappa shape index (κ1) is 10.9. The third kappa shape index (κ3) is 1.99. The molecule has 0 heterocycles. The molecule has 0 aromatic heterocycles. The summed E-state index contributed by atoms with van der Waals surface area (Å²) < 4.78 is 49.4. The van der Waals surface area contributed by atoms with Gasteiger partial charge >= 0.3 is 6.18 Å². The van der Waals surface area contributed by atoms with Gasteiger partial charge in [0.15, 0.2) is 0 Å². The zero-order valence-corrected chi connectivity index (χ0v) is 7.46. The Hall–Kier alpha value is -1.22. The molecule has 0 N–H and O–H groups in total. The lowest BCUT2D eigenvalue weighted by atomic mass is 10.1. The Labute approximate surface area is 82.4 Å². The van der Waals surface area contributed by atoms with Crippen LogP contribution in [0.4, 0.5) is 17.6 Å². The summed E-state index contributed by atoms with van der Waals surface area (Å²) in [5, 5.41) is 8.35. The van der Waals surface area contributed by atoms with E-state index in [-0.39, 0.29) is 5.56 Å². The summed E-state index contributed by atoms with van der Waals surface area (Å²) in [4.78, 5) is -0.589. The first-order valence-corrected chi connectivity index (χ1v) is 3.81. The number of benzene rings is 1. The van der Waals surface area contributed by atoms with Crippen molar-refractivity contribution in [1.29, 1.82) is 5.26 Å². The van der Waals surface area contributed by atoms with Crippen molar-refractivity contribution < 1.29 is 17.6 Å². The molecule has 0 aliphatic heterocycles. The summed E-state index contributed by atoms with van der Waals surface area (Å²) in [6.07, 6.45) is -4.80. The fourth-order valence-corrected chi connectivity index (χ4v) is 1.31. The zero-order chi connectivity index (χ0) is 10.9. The van der Waals surface area contributed by atoms with Gasteiger partial charge in [0.1, 0.15) is 11.4 Å². The lowest BCUT2D eigenvalue weighted by Crippen LogP contribution is -2.09. The predicted molar refractivity (Wildman–Crippen MR) is 43.4 cm³/mol. The molecule has 0 unspecified atom stereocenters. The average molecular weight is 221 g/mol. The van der Waals surface area contributed by atoms with Crippen molar-refractivity contribution in [3.8, 4) is 6.07 Å². The van der Waals surface area contributed by atoms with Gasteiger partial charge < -0.3 is 0 Å². The van der Waals surface area contributed by atoms with Gasteiger partial charge in [-0.3, -0.25) is 0 Å². The van der Waals surface area contributed by atoms with E-state index in [0.29, 0.717) is 6.07 Å². The van der Waals surface area contributed by atoms with Crippen molar-refractivity contribution in [3.63, 3.8) is 0 Å². The summed E-state index contributed by atoms with van der Waals surface area (Å²) in [7, 11) is 0. The van der Waals surface area contributed by atoms with Crippen LogP contribution in [0.2, 0.25) is 0 Å². The number of hydrogen-bond acceptors (Lipinski definition) is 2. The van der Waals surface area contributed by atoms with E-state index < -0.39 is 22.5 Å². The Balaban J connectivity index is 3.42. The number of nitriles is 1. The number of alkyl halides is 3. The van der Waals surface area contributed by atoms with Gasteiger partial charge in [-0.05, 0) is 12.1 Å². The molecule has 0 radical (unpaired) electrons. The fourth-order valence-electron chi connectivity index (χ4n) is 0.937. The summed E-state index contributed by atoms with van der Waals surface area (Å²) in [6.45, 7) is 0. The highest BCUT2D eigenvalue weighted by atomic mass is 32.1. The van der Waals surface area contributed by atoms with E-state index in [2.05, 4.69) is 12.6 Å². The Kier molecular flexibility index (Phi) is 2.71. The van der Waals surface area contributed by atoms with E-state index in [0.717, 1.165) is 6.07 Å². The summed E-state index contributed by atoms with van der Waals surface area (Å²) in [5.41, 5.74) is -1.64. The normalized spacial score (nSPS) is 11.1. The number of nitrogens with zero attached hydrogens (tertiary/aromatic N) is 1. The minimum atomic E-state index is -4.80. The molecule has 74 valence electrons. The van der Waals surface area contributed by atoms with Crippen LogP contribution in [0, 0.1) is 17.1 Å². The Morgan fingerprint density at radius 3 is 2.21 bits per heavy atom. The van der Waals surface area contributed by atoms with E-state index in [4.69, 9.17) is 5.26 Å². The predicted octanol–water partition coefficient (Wildman–Crippen LogP) is 3.00. The van der Waals surface area contributed by atoms with Gasteiger partial charge in [-0.2, -0.15) is 18.4 Å². The topological polar surface area (TPSA) is 23.8 Å². The molecule has 0 aliphatic carbocycles. The third-order valence-corrected chi connectivity index (χ3v) is 1.83. The molecule has 6 heteroatoms. The van der Waals surface area contributed by atoms with Crippen LogP contribution in [0.5, 0.6) is 0 Å². The van der Waals surface area contributed by atoms with Gasteiger partial charge in [0.2, 0.25) is 0 Å². The molecule has 1 aromatic carbocycles. The SMILES string of the molecule is N#Cc1cc(F)c(C(F)(F)F)c(S)c1. The standard InChI is InChI=1S/C8H3F4NS/c9-5-1-4(3-13)2-6(14)7(5)8(10,11)12/h1-2,14H. The first-order valence-electron chi connectivity index (χ1n) is 3.36. The molecular formula is C8H3F4NS. The van der Waals surface area contributed by atoms with Gasteiger partial charge in [-0.1, -0.05) is 0 Å². The molecule has 1 aromatic rings. The lowest BCUT2D eigenvalue weighted by Gasteiger charge is -2.10. The van der Waals surface area contributed by atoms with Crippen LogP contribution in [0.3, 0.4) is 0 Å².